The monoisotopic (exact) mass is 284 g/mol. The highest BCUT2D eigenvalue weighted by atomic mass is 14.4. The van der Waals surface area contributed by atoms with Gasteiger partial charge in [-0.1, -0.05) is 84.0 Å². The predicted molar refractivity (Wildman–Crippen MR) is 94.2 cm³/mol. The summed E-state index contributed by atoms with van der Waals surface area (Å²) in [4.78, 5) is 0. The fourth-order valence-corrected chi connectivity index (χ4v) is 3.73. The van der Waals surface area contributed by atoms with Gasteiger partial charge >= 0.3 is 0 Å². The molecule has 0 saturated carbocycles. The highest BCUT2D eigenvalue weighted by Crippen LogP contribution is 2.51. The number of benzene rings is 2. The standard InChI is InChI=1S/C22H20/c1-16-8-10-18-19-11-9-17(2)15-21(19)22(20(18)14-16)12-6-4-3-5-7-13-22/h3-4,6-15H,5H2,1-2H3/b4-3-,12-6-,13-7-. The van der Waals surface area contributed by atoms with Crippen molar-refractivity contribution in [3.63, 3.8) is 0 Å². The molecule has 0 atom stereocenters. The van der Waals surface area contributed by atoms with Gasteiger partial charge in [0.15, 0.2) is 0 Å². The minimum absolute atomic E-state index is 0.118. The van der Waals surface area contributed by atoms with Gasteiger partial charge < -0.3 is 0 Å². The summed E-state index contributed by atoms with van der Waals surface area (Å²) in [5.74, 6) is 0. The molecule has 0 radical (unpaired) electrons. The summed E-state index contributed by atoms with van der Waals surface area (Å²) in [6, 6.07) is 13.7. The van der Waals surface area contributed by atoms with Crippen molar-refractivity contribution in [2.24, 2.45) is 0 Å². The van der Waals surface area contributed by atoms with E-state index in [0.29, 0.717) is 0 Å². The predicted octanol–water partition coefficient (Wildman–Crippen LogP) is 5.64. The SMILES string of the molecule is Cc1ccc2c(c1)C1(/C=C\C=C/C/C=C\1)c1cc(C)ccc1-2. The van der Waals surface area contributed by atoms with Crippen LogP contribution in [-0.4, -0.2) is 0 Å². The molecule has 108 valence electrons. The van der Waals surface area contributed by atoms with Crippen LogP contribution in [0.5, 0.6) is 0 Å². The fraction of sp³-hybridized carbons (Fsp3) is 0.182. The largest absolute Gasteiger partial charge is 0.0832 e. The van der Waals surface area contributed by atoms with Gasteiger partial charge in [0.1, 0.15) is 0 Å². The third-order valence-electron chi connectivity index (χ3n) is 4.79. The van der Waals surface area contributed by atoms with Crippen LogP contribution in [0.4, 0.5) is 0 Å². The van der Waals surface area contributed by atoms with Crippen molar-refractivity contribution >= 4 is 0 Å². The summed E-state index contributed by atoms with van der Waals surface area (Å²) < 4.78 is 0. The molecular formula is C22H20. The van der Waals surface area contributed by atoms with Crippen LogP contribution in [0.1, 0.15) is 28.7 Å². The molecule has 2 aliphatic carbocycles. The zero-order chi connectivity index (χ0) is 15.2. The van der Waals surface area contributed by atoms with Crippen molar-refractivity contribution in [2.75, 3.05) is 0 Å². The lowest BCUT2D eigenvalue weighted by Gasteiger charge is -2.26. The summed E-state index contributed by atoms with van der Waals surface area (Å²) in [7, 11) is 0. The Labute approximate surface area is 132 Å². The number of fused-ring (bicyclic) bond motifs is 5. The third-order valence-corrected chi connectivity index (χ3v) is 4.79. The summed E-state index contributed by atoms with van der Waals surface area (Å²) in [6.07, 6.45) is 14.6. The Bertz CT molecular complexity index is 780. The molecule has 0 aromatic heterocycles. The molecule has 0 unspecified atom stereocenters. The molecule has 0 bridgehead atoms. The van der Waals surface area contributed by atoms with Crippen molar-refractivity contribution < 1.29 is 0 Å². The Balaban J connectivity index is 2.10. The minimum Gasteiger partial charge on any atom is -0.0832 e. The minimum atomic E-state index is -0.118. The Kier molecular flexibility index (Phi) is 2.94. The number of aryl methyl sites for hydroxylation is 2. The molecule has 0 aliphatic heterocycles. The average Bonchev–Trinajstić information content (AvgIpc) is 2.73. The van der Waals surface area contributed by atoms with E-state index in [2.05, 4.69) is 86.7 Å². The van der Waals surface area contributed by atoms with E-state index >= 15 is 0 Å². The second-order valence-electron chi connectivity index (χ2n) is 6.39. The van der Waals surface area contributed by atoms with E-state index < -0.39 is 0 Å². The summed E-state index contributed by atoms with van der Waals surface area (Å²) in [5, 5.41) is 0. The smallest absolute Gasteiger partial charge is 0.0578 e. The molecule has 1 spiro atoms. The molecule has 0 N–H and O–H groups in total. The highest BCUT2D eigenvalue weighted by Gasteiger charge is 2.39. The van der Waals surface area contributed by atoms with Crippen LogP contribution in [0, 0.1) is 13.8 Å². The normalized spacial score (nSPS) is 21.5. The second kappa shape index (κ2) is 4.84. The van der Waals surface area contributed by atoms with Gasteiger partial charge in [0.05, 0.1) is 5.41 Å². The molecule has 0 saturated heterocycles. The first-order valence-corrected chi connectivity index (χ1v) is 7.95. The van der Waals surface area contributed by atoms with Crippen LogP contribution in [0.3, 0.4) is 0 Å². The Morgan fingerprint density at radius 1 is 0.727 bits per heavy atom. The first-order valence-electron chi connectivity index (χ1n) is 7.95. The molecular weight excluding hydrogens is 264 g/mol. The van der Waals surface area contributed by atoms with Crippen molar-refractivity contribution in [2.45, 2.75) is 25.7 Å². The van der Waals surface area contributed by atoms with Gasteiger partial charge in [0.25, 0.3) is 0 Å². The van der Waals surface area contributed by atoms with Gasteiger partial charge in [-0.05, 0) is 42.5 Å². The topological polar surface area (TPSA) is 0 Å². The Morgan fingerprint density at radius 2 is 1.36 bits per heavy atom. The highest BCUT2D eigenvalue weighted by molar-refractivity contribution is 5.84. The van der Waals surface area contributed by atoms with Crippen molar-refractivity contribution in [1.29, 1.82) is 0 Å². The van der Waals surface area contributed by atoms with Gasteiger partial charge in [-0.2, -0.15) is 0 Å². The van der Waals surface area contributed by atoms with E-state index in [4.69, 9.17) is 0 Å². The van der Waals surface area contributed by atoms with Crippen molar-refractivity contribution in [1.82, 2.24) is 0 Å². The number of allylic oxidation sites excluding steroid dienone is 6. The van der Waals surface area contributed by atoms with E-state index in [1.807, 2.05) is 0 Å². The first-order chi connectivity index (χ1) is 10.7. The van der Waals surface area contributed by atoms with Crippen molar-refractivity contribution in [3.8, 4) is 11.1 Å². The summed E-state index contributed by atoms with van der Waals surface area (Å²) in [5.41, 5.74) is 8.10. The molecule has 0 amide bonds. The summed E-state index contributed by atoms with van der Waals surface area (Å²) >= 11 is 0. The number of hydrogen-bond acceptors (Lipinski definition) is 0. The average molecular weight is 284 g/mol. The van der Waals surface area contributed by atoms with E-state index in [0.717, 1.165) is 6.42 Å². The molecule has 2 aromatic carbocycles. The maximum absolute atomic E-state index is 2.39. The van der Waals surface area contributed by atoms with Gasteiger partial charge in [-0.15, -0.1) is 0 Å². The molecule has 0 nitrogen and oxygen atoms in total. The zero-order valence-corrected chi connectivity index (χ0v) is 13.1. The number of rotatable bonds is 0. The Hall–Kier alpha value is -2.34. The van der Waals surface area contributed by atoms with Gasteiger partial charge in [0, 0.05) is 0 Å². The van der Waals surface area contributed by atoms with Crippen LogP contribution < -0.4 is 0 Å². The maximum atomic E-state index is 2.39. The van der Waals surface area contributed by atoms with Crippen LogP contribution in [0.15, 0.2) is 72.9 Å². The lowest BCUT2D eigenvalue weighted by Crippen LogP contribution is -2.20. The molecule has 2 aromatic rings. The van der Waals surface area contributed by atoms with Gasteiger partial charge in [-0.25, -0.2) is 0 Å². The van der Waals surface area contributed by atoms with Crippen LogP contribution in [0.25, 0.3) is 11.1 Å². The fourth-order valence-electron chi connectivity index (χ4n) is 3.73. The van der Waals surface area contributed by atoms with E-state index in [1.54, 1.807) is 0 Å². The summed E-state index contributed by atoms with van der Waals surface area (Å²) in [6.45, 7) is 4.36. The van der Waals surface area contributed by atoms with Crippen LogP contribution >= 0.6 is 0 Å². The van der Waals surface area contributed by atoms with E-state index in [-0.39, 0.29) is 5.41 Å². The maximum Gasteiger partial charge on any atom is 0.0578 e. The molecule has 0 heteroatoms. The van der Waals surface area contributed by atoms with Crippen LogP contribution in [0.2, 0.25) is 0 Å². The molecule has 0 fully saturated rings. The second-order valence-corrected chi connectivity index (χ2v) is 6.39. The van der Waals surface area contributed by atoms with Gasteiger partial charge in [-0.3, -0.25) is 0 Å². The van der Waals surface area contributed by atoms with E-state index in [1.165, 1.54) is 33.4 Å². The number of hydrogen-bond donors (Lipinski definition) is 0. The molecule has 4 rings (SSSR count). The first kappa shape index (κ1) is 13.3. The molecule has 2 aliphatic rings. The Morgan fingerprint density at radius 3 is 2.00 bits per heavy atom. The van der Waals surface area contributed by atoms with Crippen LogP contribution in [-0.2, 0) is 5.41 Å². The van der Waals surface area contributed by atoms with Gasteiger partial charge in [0.2, 0.25) is 0 Å². The lowest BCUT2D eigenvalue weighted by atomic mass is 9.76. The third kappa shape index (κ3) is 1.84. The molecule has 22 heavy (non-hydrogen) atoms. The van der Waals surface area contributed by atoms with E-state index in [9.17, 15) is 0 Å². The lowest BCUT2D eigenvalue weighted by molar-refractivity contribution is 0.835. The molecule has 0 heterocycles. The zero-order valence-electron chi connectivity index (χ0n) is 13.1. The quantitative estimate of drug-likeness (QED) is 0.549. The van der Waals surface area contributed by atoms with Crippen molar-refractivity contribution in [3.05, 3.63) is 95.1 Å².